The predicted octanol–water partition coefficient (Wildman–Crippen LogP) is 2.75. The molecule has 3 rings (SSSR count). The van der Waals surface area contributed by atoms with Crippen LogP contribution in [0.1, 0.15) is 19.9 Å². The molecule has 17 heavy (non-hydrogen) atoms. The zero-order valence-corrected chi connectivity index (χ0v) is 9.88. The van der Waals surface area contributed by atoms with Crippen LogP contribution in [0.15, 0.2) is 30.5 Å². The van der Waals surface area contributed by atoms with Gasteiger partial charge in [-0.05, 0) is 19.9 Å². The maximum absolute atomic E-state index is 5.97. The quantitative estimate of drug-likeness (QED) is 0.694. The van der Waals surface area contributed by atoms with Crippen LogP contribution in [0, 0.1) is 0 Å². The Morgan fingerprint density at radius 1 is 1.18 bits per heavy atom. The third kappa shape index (κ3) is 1.37. The second kappa shape index (κ2) is 3.45. The van der Waals surface area contributed by atoms with Gasteiger partial charge in [-0.2, -0.15) is 0 Å². The van der Waals surface area contributed by atoms with Crippen LogP contribution in [0.2, 0.25) is 0 Å². The smallest absolute Gasteiger partial charge is 0.201 e. The zero-order chi connectivity index (χ0) is 12.0. The molecule has 0 fully saturated rings. The van der Waals surface area contributed by atoms with Crippen molar-refractivity contribution in [3.8, 4) is 0 Å². The lowest BCUT2D eigenvalue weighted by molar-refractivity contribution is 0.628. The topological polar surface area (TPSA) is 56.7 Å². The van der Waals surface area contributed by atoms with E-state index in [1.165, 1.54) is 0 Å². The fraction of sp³-hybridized carbons (Fsp3) is 0.231. The first kappa shape index (κ1) is 10.1. The van der Waals surface area contributed by atoms with Gasteiger partial charge in [-0.3, -0.25) is 4.98 Å². The molecule has 86 valence electrons. The summed E-state index contributed by atoms with van der Waals surface area (Å²) in [5, 5.41) is 1.10. The van der Waals surface area contributed by atoms with E-state index in [0.717, 1.165) is 21.9 Å². The summed E-state index contributed by atoms with van der Waals surface area (Å²) in [7, 11) is 0. The van der Waals surface area contributed by atoms with Crippen LogP contribution in [-0.2, 0) is 0 Å². The first-order chi connectivity index (χ1) is 8.18. The molecule has 2 heterocycles. The van der Waals surface area contributed by atoms with E-state index >= 15 is 0 Å². The highest BCUT2D eigenvalue weighted by molar-refractivity contribution is 6.02. The molecule has 0 aliphatic rings. The minimum absolute atomic E-state index is 0.283. The molecule has 0 spiro atoms. The first-order valence-electron chi connectivity index (χ1n) is 5.69. The SMILES string of the molecule is CC(C)n1c(N)nc2cnc3ccccc3c21. The van der Waals surface area contributed by atoms with Crippen molar-refractivity contribution in [1.29, 1.82) is 0 Å². The Balaban J connectivity index is 2.55. The minimum atomic E-state index is 0.283. The number of hydrogen-bond donors (Lipinski definition) is 1. The lowest BCUT2D eigenvalue weighted by atomic mass is 10.2. The van der Waals surface area contributed by atoms with Crippen molar-refractivity contribution in [3.05, 3.63) is 30.5 Å². The summed E-state index contributed by atoms with van der Waals surface area (Å²) in [6.07, 6.45) is 1.78. The largest absolute Gasteiger partial charge is 0.369 e. The van der Waals surface area contributed by atoms with Gasteiger partial charge in [0.15, 0.2) is 0 Å². The molecule has 0 saturated heterocycles. The van der Waals surface area contributed by atoms with Gasteiger partial charge in [0.1, 0.15) is 5.52 Å². The zero-order valence-electron chi connectivity index (χ0n) is 9.88. The average molecular weight is 226 g/mol. The Hall–Kier alpha value is -2.10. The van der Waals surface area contributed by atoms with Gasteiger partial charge >= 0.3 is 0 Å². The fourth-order valence-electron chi connectivity index (χ4n) is 2.27. The summed E-state index contributed by atoms with van der Waals surface area (Å²) in [6.45, 7) is 4.21. The maximum Gasteiger partial charge on any atom is 0.201 e. The Morgan fingerprint density at radius 3 is 2.71 bits per heavy atom. The van der Waals surface area contributed by atoms with Crippen LogP contribution in [0.5, 0.6) is 0 Å². The molecule has 4 nitrogen and oxygen atoms in total. The van der Waals surface area contributed by atoms with Crippen LogP contribution in [-0.4, -0.2) is 14.5 Å². The fourth-order valence-corrected chi connectivity index (χ4v) is 2.27. The van der Waals surface area contributed by atoms with Crippen molar-refractivity contribution >= 4 is 27.9 Å². The number of hydrogen-bond acceptors (Lipinski definition) is 3. The van der Waals surface area contributed by atoms with Crippen LogP contribution < -0.4 is 5.73 Å². The summed E-state index contributed by atoms with van der Waals surface area (Å²) in [4.78, 5) is 8.75. The van der Waals surface area contributed by atoms with Crippen LogP contribution in [0.4, 0.5) is 5.95 Å². The van der Waals surface area contributed by atoms with Gasteiger partial charge in [0.05, 0.1) is 17.2 Å². The van der Waals surface area contributed by atoms with Crippen molar-refractivity contribution in [2.24, 2.45) is 0 Å². The van der Waals surface area contributed by atoms with Gasteiger partial charge in [0, 0.05) is 11.4 Å². The number of aromatic nitrogens is 3. The molecular weight excluding hydrogens is 212 g/mol. The molecule has 0 atom stereocenters. The van der Waals surface area contributed by atoms with Gasteiger partial charge in [-0.1, -0.05) is 18.2 Å². The summed E-state index contributed by atoms with van der Waals surface area (Å²) in [6, 6.07) is 8.34. The van der Waals surface area contributed by atoms with E-state index in [1.54, 1.807) is 6.20 Å². The summed E-state index contributed by atoms with van der Waals surface area (Å²) < 4.78 is 2.05. The molecule has 0 unspecified atom stereocenters. The van der Waals surface area contributed by atoms with Gasteiger partial charge < -0.3 is 10.3 Å². The molecule has 0 saturated carbocycles. The highest BCUT2D eigenvalue weighted by Crippen LogP contribution is 2.28. The molecule has 0 radical (unpaired) electrons. The molecule has 4 heteroatoms. The Bertz CT molecular complexity index is 697. The van der Waals surface area contributed by atoms with E-state index in [9.17, 15) is 0 Å². The van der Waals surface area contributed by atoms with Crippen LogP contribution in [0.25, 0.3) is 21.9 Å². The number of nitrogens with zero attached hydrogens (tertiary/aromatic N) is 3. The van der Waals surface area contributed by atoms with Crippen LogP contribution >= 0.6 is 0 Å². The standard InChI is InChI=1S/C13H14N4/c1-8(2)17-12-9-5-3-4-6-10(9)15-7-11(12)16-13(17)14/h3-8H,1-2H3,(H2,14,16). The van der Waals surface area contributed by atoms with Crippen molar-refractivity contribution in [3.63, 3.8) is 0 Å². The van der Waals surface area contributed by atoms with Gasteiger partial charge in [-0.25, -0.2) is 4.98 Å². The highest BCUT2D eigenvalue weighted by atomic mass is 15.2. The van der Waals surface area contributed by atoms with Crippen molar-refractivity contribution in [2.45, 2.75) is 19.9 Å². The number of imidazole rings is 1. The summed E-state index contributed by atoms with van der Waals surface area (Å²) in [5.74, 6) is 0.549. The second-order valence-corrected chi connectivity index (χ2v) is 4.44. The minimum Gasteiger partial charge on any atom is -0.369 e. The third-order valence-corrected chi connectivity index (χ3v) is 2.97. The average Bonchev–Trinajstić information content (AvgIpc) is 2.65. The number of para-hydroxylation sites is 1. The molecular formula is C13H14N4. The highest BCUT2D eigenvalue weighted by Gasteiger charge is 2.13. The summed E-state index contributed by atoms with van der Waals surface area (Å²) >= 11 is 0. The Morgan fingerprint density at radius 2 is 1.94 bits per heavy atom. The van der Waals surface area contributed by atoms with Gasteiger partial charge in [0.2, 0.25) is 5.95 Å². The van der Waals surface area contributed by atoms with Crippen molar-refractivity contribution < 1.29 is 0 Å². The molecule has 0 bridgehead atoms. The number of benzene rings is 1. The lowest BCUT2D eigenvalue weighted by Gasteiger charge is -2.11. The van der Waals surface area contributed by atoms with E-state index in [4.69, 9.17) is 5.73 Å². The summed E-state index contributed by atoms with van der Waals surface area (Å²) in [5.41, 5.74) is 8.87. The Kier molecular flexibility index (Phi) is 2.04. The molecule has 2 N–H and O–H groups in total. The molecule has 0 aliphatic heterocycles. The maximum atomic E-state index is 5.97. The number of rotatable bonds is 1. The van der Waals surface area contributed by atoms with Gasteiger partial charge in [-0.15, -0.1) is 0 Å². The van der Waals surface area contributed by atoms with E-state index in [1.807, 2.05) is 18.2 Å². The number of nitrogen functional groups attached to an aromatic ring is 1. The third-order valence-electron chi connectivity index (χ3n) is 2.97. The Labute approximate surface area is 99.1 Å². The van der Waals surface area contributed by atoms with E-state index in [0.29, 0.717) is 5.95 Å². The predicted molar refractivity (Wildman–Crippen MR) is 69.8 cm³/mol. The number of anilines is 1. The van der Waals surface area contributed by atoms with Crippen molar-refractivity contribution in [2.75, 3.05) is 5.73 Å². The van der Waals surface area contributed by atoms with E-state index in [2.05, 4.69) is 34.4 Å². The second-order valence-electron chi connectivity index (χ2n) is 4.44. The van der Waals surface area contributed by atoms with Crippen LogP contribution in [0.3, 0.4) is 0 Å². The first-order valence-corrected chi connectivity index (χ1v) is 5.69. The molecule has 2 aromatic heterocycles. The van der Waals surface area contributed by atoms with Crippen molar-refractivity contribution in [1.82, 2.24) is 14.5 Å². The molecule has 3 aromatic rings. The monoisotopic (exact) mass is 226 g/mol. The van der Waals surface area contributed by atoms with Gasteiger partial charge in [0.25, 0.3) is 0 Å². The number of nitrogens with two attached hydrogens (primary N) is 1. The number of fused-ring (bicyclic) bond motifs is 3. The lowest BCUT2D eigenvalue weighted by Crippen LogP contribution is -2.05. The van der Waals surface area contributed by atoms with E-state index < -0.39 is 0 Å². The normalized spacial score (nSPS) is 11.7. The molecule has 1 aromatic carbocycles. The number of pyridine rings is 1. The molecule has 0 amide bonds. The van der Waals surface area contributed by atoms with E-state index in [-0.39, 0.29) is 6.04 Å². The molecule has 0 aliphatic carbocycles.